The minimum Gasteiger partial charge on any atom is -0.273 e. The van der Waals surface area contributed by atoms with Crippen LogP contribution in [0.25, 0.3) is 0 Å². The van der Waals surface area contributed by atoms with E-state index in [0.29, 0.717) is 0 Å². The molecule has 2 aromatic carbocycles. The van der Waals surface area contributed by atoms with Gasteiger partial charge in [-0.05, 0) is 40.1 Å². The Labute approximate surface area is 277 Å². The molecule has 0 N–H and O–H groups in total. The van der Waals surface area contributed by atoms with Crippen molar-refractivity contribution in [1.29, 1.82) is 0 Å². The molecule has 41 heavy (non-hydrogen) atoms. The Morgan fingerprint density at radius 2 is 0.756 bits per heavy atom. The van der Waals surface area contributed by atoms with Crippen LogP contribution in [-0.4, -0.2) is 32.3 Å². The molecule has 0 atom stereocenters. The minimum atomic E-state index is -1.13. The van der Waals surface area contributed by atoms with Crippen molar-refractivity contribution >= 4 is 32.3 Å². The summed E-state index contributed by atoms with van der Waals surface area (Å²) in [6.07, 6.45) is 16.4. The number of hydrogen-bond donors (Lipinski definition) is 0. The molecule has 0 spiro atoms. The van der Waals surface area contributed by atoms with Crippen LogP contribution in [0.5, 0.6) is 0 Å². The van der Waals surface area contributed by atoms with Gasteiger partial charge in [-0.15, -0.1) is 12.8 Å². The normalized spacial score (nSPS) is 15.2. The third-order valence-electron chi connectivity index (χ3n) is 7.21. The second kappa shape index (κ2) is 16.3. The molecule has 4 rings (SSSR count). The van der Waals surface area contributed by atoms with Crippen molar-refractivity contribution in [3.8, 4) is 0 Å². The van der Waals surface area contributed by atoms with Gasteiger partial charge in [0.1, 0.15) is 0 Å². The summed E-state index contributed by atoms with van der Waals surface area (Å²) in [5.74, 6) is 0. The average Bonchev–Trinajstić information content (AvgIpc) is 3.55. The molecule has 0 amide bonds. The molecule has 5 heteroatoms. The van der Waals surface area contributed by atoms with Crippen LogP contribution in [0.4, 0.5) is 0 Å². The molecule has 0 heterocycles. The molecule has 0 radical (unpaired) electrons. The van der Waals surface area contributed by atoms with Crippen LogP contribution >= 0.6 is 0 Å². The largest absolute Gasteiger partial charge is 2.00 e. The molecule has 0 aliphatic heterocycles. The van der Waals surface area contributed by atoms with Crippen LogP contribution in [0.15, 0.2) is 93.6 Å². The number of aryl methyl sites for hydroxylation is 2. The van der Waals surface area contributed by atoms with E-state index in [0.717, 1.165) is 25.7 Å². The number of allylic oxidation sites excluding steroid dienone is 8. The third kappa shape index (κ3) is 13.1. The van der Waals surface area contributed by atoms with Crippen molar-refractivity contribution in [3.05, 3.63) is 117 Å². The molecule has 220 valence electrons. The van der Waals surface area contributed by atoms with Gasteiger partial charge in [-0.25, -0.2) is 20.8 Å². The monoisotopic (exact) mass is 690 g/mol. The summed E-state index contributed by atoms with van der Waals surface area (Å²) in [5, 5.41) is 6.61. The first-order valence-electron chi connectivity index (χ1n) is 15.1. The Hall–Kier alpha value is -0.849. The van der Waals surface area contributed by atoms with E-state index in [1.807, 2.05) is 0 Å². The first-order chi connectivity index (χ1) is 18.4. The molecular formula is C36H56Si4Zr. The summed E-state index contributed by atoms with van der Waals surface area (Å²) < 4.78 is 0. The van der Waals surface area contributed by atoms with E-state index in [9.17, 15) is 0 Å². The van der Waals surface area contributed by atoms with Crippen molar-refractivity contribution in [2.24, 2.45) is 0 Å². The summed E-state index contributed by atoms with van der Waals surface area (Å²) in [5.41, 5.74) is 2.83. The Balaban J connectivity index is 0.000000304. The quantitative estimate of drug-likeness (QED) is 0.200. The van der Waals surface area contributed by atoms with Crippen molar-refractivity contribution in [2.45, 2.75) is 104 Å². The van der Waals surface area contributed by atoms with Crippen LogP contribution in [0.3, 0.4) is 0 Å². The Bertz CT molecular complexity index is 1040. The zero-order valence-corrected chi connectivity index (χ0v) is 34.7. The van der Waals surface area contributed by atoms with Gasteiger partial charge in [0, 0.05) is 16.1 Å². The van der Waals surface area contributed by atoms with Gasteiger partial charge in [-0.3, -0.25) is 12.2 Å². The first-order valence-corrected chi connectivity index (χ1v) is 29.1. The van der Waals surface area contributed by atoms with Crippen molar-refractivity contribution in [1.82, 2.24) is 0 Å². The van der Waals surface area contributed by atoms with E-state index < -0.39 is 32.3 Å². The standard InChI is InChI=1S/C14H14.2C11H21Si2.Zr/c1-3-7-13(8-4-1)11-12-14-9-5-2-6-10-14;2*1-12(2,3)10-8-7-9-11(10)13(4,5)6;/h1-10H,11-12H2;2*8H,7H2,1-6H3;/q;2*-1;+2. The van der Waals surface area contributed by atoms with Gasteiger partial charge in [0.2, 0.25) is 0 Å². The maximum atomic E-state index is 3.57. The molecule has 0 saturated carbocycles. The fraction of sp³-hybridized carbons (Fsp3) is 0.444. The number of rotatable bonds is 7. The fourth-order valence-electron chi connectivity index (χ4n) is 5.18. The maximum Gasteiger partial charge on any atom is 2.00 e. The van der Waals surface area contributed by atoms with E-state index >= 15 is 0 Å². The molecular weight excluding hydrogens is 636 g/mol. The molecule has 0 bridgehead atoms. The van der Waals surface area contributed by atoms with Gasteiger partial charge < -0.3 is 0 Å². The van der Waals surface area contributed by atoms with Crippen LogP contribution in [0, 0.1) is 12.2 Å². The third-order valence-corrected chi connectivity index (χ3v) is 15.7. The summed E-state index contributed by atoms with van der Waals surface area (Å²) >= 11 is 0. The van der Waals surface area contributed by atoms with Gasteiger partial charge >= 0.3 is 26.2 Å². The van der Waals surface area contributed by atoms with Crippen LogP contribution in [0.1, 0.15) is 24.0 Å². The van der Waals surface area contributed by atoms with Crippen molar-refractivity contribution in [3.63, 3.8) is 0 Å². The second-order valence-electron chi connectivity index (χ2n) is 15.2. The van der Waals surface area contributed by atoms with Gasteiger partial charge in [0.15, 0.2) is 0 Å². The van der Waals surface area contributed by atoms with E-state index in [-0.39, 0.29) is 26.2 Å². The predicted molar refractivity (Wildman–Crippen MR) is 193 cm³/mol. The maximum absolute atomic E-state index is 3.57. The SMILES string of the molecule is C[Si](C)(C)C1=[C-]CC=C1[Si](C)(C)C.C[Si](C)(C)C1=[C-]CC=C1[Si](C)(C)C.[Zr+2].c1ccc(CCc2ccccc2)cc1. The zero-order chi connectivity index (χ0) is 30.2. The molecule has 2 aliphatic rings. The minimum absolute atomic E-state index is 0. The number of hydrogen-bond acceptors (Lipinski definition) is 0. The first kappa shape index (κ1) is 38.2. The smallest absolute Gasteiger partial charge is 0.273 e. The van der Waals surface area contributed by atoms with Crippen LogP contribution < -0.4 is 0 Å². The Morgan fingerprint density at radius 1 is 0.463 bits per heavy atom. The van der Waals surface area contributed by atoms with Gasteiger partial charge in [0.05, 0.1) is 0 Å². The predicted octanol–water partition coefficient (Wildman–Crippen LogP) is 11.1. The summed E-state index contributed by atoms with van der Waals surface area (Å²) in [4.78, 5) is 0. The van der Waals surface area contributed by atoms with Gasteiger partial charge in [0.25, 0.3) is 0 Å². The van der Waals surface area contributed by atoms with E-state index in [4.69, 9.17) is 0 Å². The second-order valence-corrected chi connectivity index (χ2v) is 35.3. The van der Waals surface area contributed by atoms with Crippen LogP contribution in [-0.2, 0) is 39.0 Å². The molecule has 0 unspecified atom stereocenters. The Morgan fingerprint density at radius 3 is 0.976 bits per heavy atom. The molecule has 0 fully saturated rings. The molecule has 0 nitrogen and oxygen atoms in total. The van der Waals surface area contributed by atoms with E-state index in [1.54, 1.807) is 20.8 Å². The van der Waals surface area contributed by atoms with Gasteiger partial charge in [-0.2, -0.15) is 12.2 Å². The number of benzene rings is 2. The molecule has 2 aliphatic carbocycles. The van der Waals surface area contributed by atoms with Crippen LogP contribution in [0.2, 0.25) is 78.6 Å². The molecule has 0 aromatic heterocycles. The zero-order valence-electron chi connectivity index (χ0n) is 28.3. The topological polar surface area (TPSA) is 0 Å². The molecule has 0 saturated heterocycles. The van der Waals surface area contributed by atoms with Crippen molar-refractivity contribution in [2.75, 3.05) is 0 Å². The summed E-state index contributed by atoms with van der Waals surface area (Å²) in [7, 11) is -4.45. The van der Waals surface area contributed by atoms with E-state index in [2.05, 4.69) is 164 Å². The molecule has 2 aromatic rings. The summed E-state index contributed by atoms with van der Waals surface area (Å²) in [6.45, 7) is 29.2. The van der Waals surface area contributed by atoms with Crippen molar-refractivity contribution < 1.29 is 26.2 Å². The Kier molecular flexibility index (Phi) is 15.2. The van der Waals surface area contributed by atoms with Gasteiger partial charge in [-0.1, -0.05) is 139 Å². The fourth-order valence-corrected chi connectivity index (χ4v) is 15.9. The van der Waals surface area contributed by atoms with E-state index in [1.165, 1.54) is 11.1 Å². The average molecular weight is 692 g/mol. The summed E-state index contributed by atoms with van der Waals surface area (Å²) in [6, 6.07) is 21.2.